The van der Waals surface area contributed by atoms with Gasteiger partial charge in [-0.3, -0.25) is 9.69 Å². The van der Waals surface area contributed by atoms with Crippen LogP contribution in [-0.2, 0) is 9.53 Å². The summed E-state index contributed by atoms with van der Waals surface area (Å²) in [4.78, 5) is 14.7. The molecule has 128 valence electrons. The van der Waals surface area contributed by atoms with Crippen LogP contribution >= 0.6 is 11.8 Å². The summed E-state index contributed by atoms with van der Waals surface area (Å²) in [6.45, 7) is 7.88. The zero-order valence-corrected chi connectivity index (χ0v) is 14.7. The van der Waals surface area contributed by atoms with Crippen LogP contribution in [0.5, 0.6) is 0 Å². The maximum absolute atomic E-state index is 12.3. The number of aliphatic hydroxyl groups excluding tert-OH is 1. The number of carbonyl (C=O) groups is 1. The van der Waals surface area contributed by atoms with Gasteiger partial charge in [0.2, 0.25) is 5.91 Å². The maximum atomic E-state index is 12.3. The van der Waals surface area contributed by atoms with E-state index in [0.29, 0.717) is 6.42 Å². The molecule has 22 heavy (non-hydrogen) atoms. The van der Waals surface area contributed by atoms with Crippen LogP contribution in [0.3, 0.4) is 0 Å². The first-order chi connectivity index (χ1) is 10.5. The molecule has 0 atom stereocenters. The molecule has 0 unspecified atom stereocenters. The molecule has 0 aromatic carbocycles. The van der Waals surface area contributed by atoms with Gasteiger partial charge >= 0.3 is 0 Å². The molecule has 0 saturated carbocycles. The third-order valence-electron chi connectivity index (χ3n) is 4.99. The van der Waals surface area contributed by atoms with Gasteiger partial charge in [-0.2, -0.15) is 11.8 Å². The summed E-state index contributed by atoms with van der Waals surface area (Å²) in [7, 11) is 0. The predicted molar refractivity (Wildman–Crippen MR) is 90.2 cm³/mol. The molecule has 2 fully saturated rings. The molecule has 2 aliphatic rings. The van der Waals surface area contributed by atoms with E-state index in [9.17, 15) is 9.90 Å². The highest BCUT2D eigenvalue weighted by atomic mass is 32.2. The highest BCUT2D eigenvalue weighted by Crippen LogP contribution is 2.27. The number of rotatable bonds is 6. The monoisotopic (exact) mass is 330 g/mol. The Kier molecular flexibility index (Phi) is 6.56. The molecular formula is C16H30N2O3S. The Morgan fingerprint density at radius 2 is 1.95 bits per heavy atom. The van der Waals surface area contributed by atoms with Crippen molar-refractivity contribution >= 4 is 17.7 Å². The van der Waals surface area contributed by atoms with Crippen molar-refractivity contribution in [1.82, 2.24) is 10.2 Å². The number of morpholine rings is 1. The van der Waals surface area contributed by atoms with Crippen LogP contribution in [0, 0.1) is 0 Å². The Bertz CT molecular complexity index is 364. The third kappa shape index (κ3) is 4.85. The van der Waals surface area contributed by atoms with Crippen molar-refractivity contribution in [3.8, 4) is 0 Å². The van der Waals surface area contributed by atoms with E-state index in [0.717, 1.165) is 57.1 Å². The lowest BCUT2D eigenvalue weighted by molar-refractivity contribution is -0.124. The normalized spacial score (nSPS) is 23.2. The standard InChI is InChI=1S/C16H30N2O3S/c1-15(2,18-7-9-21-10-8-18)4-3-14(20)17-16(13-19)5-11-22-12-6-16/h19H,3-13H2,1-2H3,(H,17,20). The van der Waals surface area contributed by atoms with Crippen molar-refractivity contribution in [2.75, 3.05) is 44.4 Å². The summed E-state index contributed by atoms with van der Waals surface area (Å²) in [5.74, 6) is 2.10. The number of nitrogens with zero attached hydrogens (tertiary/aromatic N) is 1. The third-order valence-corrected chi connectivity index (χ3v) is 5.97. The van der Waals surface area contributed by atoms with Crippen LogP contribution in [0.1, 0.15) is 39.5 Å². The van der Waals surface area contributed by atoms with E-state index in [1.807, 2.05) is 11.8 Å². The Labute approximate surface area is 138 Å². The van der Waals surface area contributed by atoms with Crippen molar-refractivity contribution in [3.05, 3.63) is 0 Å². The van der Waals surface area contributed by atoms with Crippen molar-refractivity contribution in [1.29, 1.82) is 0 Å². The largest absolute Gasteiger partial charge is 0.394 e. The molecule has 0 spiro atoms. The lowest BCUT2D eigenvalue weighted by Gasteiger charge is -2.41. The molecule has 6 heteroatoms. The van der Waals surface area contributed by atoms with Gasteiger partial charge in [0.25, 0.3) is 0 Å². The quantitative estimate of drug-likeness (QED) is 0.767. The van der Waals surface area contributed by atoms with Gasteiger partial charge in [0.05, 0.1) is 25.4 Å². The van der Waals surface area contributed by atoms with Crippen molar-refractivity contribution < 1.29 is 14.6 Å². The fourth-order valence-corrected chi connectivity index (χ4v) is 4.46. The fraction of sp³-hybridized carbons (Fsp3) is 0.938. The molecule has 1 amide bonds. The van der Waals surface area contributed by atoms with E-state index in [4.69, 9.17) is 4.74 Å². The average Bonchev–Trinajstić information content (AvgIpc) is 2.55. The lowest BCUT2D eigenvalue weighted by atomic mass is 9.91. The summed E-state index contributed by atoms with van der Waals surface area (Å²) in [6, 6.07) is 0. The second-order valence-corrected chi connectivity index (χ2v) is 8.24. The first-order valence-corrected chi connectivity index (χ1v) is 9.45. The number of hydrogen-bond acceptors (Lipinski definition) is 5. The summed E-state index contributed by atoms with van der Waals surface area (Å²) < 4.78 is 5.40. The minimum absolute atomic E-state index is 0.00984. The molecule has 2 N–H and O–H groups in total. The van der Waals surface area contributed by atoms with E-state index in [1.54, 1.807) is 0 Å². The molecule has 0 bridgehead atoms. The van der Waals surface area contributed by atoms with Crippen molar-refractivity contribution in [2.24, 2.45) is 0 Å². The zero-order chi connectivity index (χ0) is 16.1. The summed E-state index contributed by atoms with van der Waals surface area (Å²) in [5.41, 5.74) is -0.374. The van der Waals surface area contributed by atoms with E-state index in [2.05, 4.69) is 24.1 Å². The van der Waals surface area contributed by atoms with Gasteiger partial charge in [-0.15, -0.1) is 0 Å². The van der Waals surface area contributed by atoms with E-state index < -0.39 is 0 Å². The molecule has 0 aromatic heterocycles. The molecule has 0 aliphatic carbocycles. The highest BCUT2D eigenvalue weighted by Gasteiger charge is 2.34. The zero-order valence-electron chi connectivity index (χ0n) is 13.9. The number of hydrogen-bond donors (Lipinski definition) is 2. The van der Waals surface area contributed by atoms with Crippen molar-refractivity contribution in [3.63, 3.8) is 0 Å². The second kappa shape index (κ2) is 7.99. The topological polar surface area (TPSA) is 61.8 Å². The number of carbonyl (C=O) groups excluding carboxylic acids is 1. The van der Waals surface area contributed by atoms with Crippen LogP contribution < -0.4 is 5.32 Å². The molecule has 2 aliphatic heterocycles. The van der Waals surface area contributed by atoms with Gasteiger partial charge in [0.1, 0.15) is 0 Å². The van der Waals surface area contributed by atoms with Crippen molar-refractivity contribution in [2.45, 2.75) is 50.6 Å². The molecule has 0 radical (unpaired) electrons. The number of amides is 1. The first-order valence-electron chi connectivity index (χ1n) is 8.30. The molecule has 2 heterocycles. The maximum Gasteiger partial charge on any atom is 0.220 e. The minimum atomic E-state index is -0.383. The molecule has 5 nitrogen and oxygen atoms in total. The first kappa shape index (κ1) is 18.0. The Hall–Kier alpha value is -0.300. The SMILES string of the molecule is CC(C)(CCC(=O)NC1(CO)CCSCC1)N1CCOCC1. The van der Waals surface area contributed by atoms with Crippen LogP contribution in [-0.4, -0.2) is 71.4 Å². The Balaban J connectivity index is 1.80. The second-order valence-electron chi connectivity index (χ2n) is 7.01. The average molecular weight is 330 g/mol. The number of ether oxygens (including phenoxy) is 1. The van der Waals surface area contributed by atoms with E-state index in [1.165, 1.54) is 0 Å². The Morgan fingerprint density at radius 1 is 1.32 bits per heavy atom. The van der Waals surface area contributed by atoms with Crippen LogP contribution in [0.15, 0.2) is 0 Å². The summed E-state index contributed by atoms with van der Waals surface area (Å²) in [5, 5.41) is 12.8. The number of aliphatic hydroxyl groups is 1. The summed E-state index contributed by atoms with van der Waals surface area (Å²) >= 11 is 1.90. The number of nitrogens with one attached hydrogen (secondary N) is 1. The van der Waals surface area contributed by atoms with Crippen LogP contribution in [0.4, 0.5) is 0 Å². The van der Waals surface area contributed by atoms with Gasteiger partial charge < -0.3 is 15.2 Å². The van der Waals surface area contributed by atoms with E-state index in [-0.39, 0.29) is 23.6 Å². The van der Waals surface area contributed by atoms with E-state index >= 15 is 0 Å². The van der Waals surface area contributed by atoms with Crippen LogP contribution in [0.25, 0.3) is 0 Å². The smallest absolute Gasteiger partial charge is 0.220 e. The van der Waals surface area contributed by atoms with Gasteiger partial charge in [-0.1, -0.05) is 0 Å². The minimum Gasteiger partial charge on any atom is -0.394 e. The molecule has 2 saturated heterocycles. The number of thioether (sulfide) groups is 1. The van der Waals surface area contributed by atoms with Gasteiger partial charge in [-0.25, -0.2) is 0 Å². The van der Waals surface area contributed by atoms with Gasteiger partial charge in [0, 0.05) is 25.0 Å². The predicted octanol–water partition coefficient (Wildman–Crippen LogP) is 1.25. The van der Waals surface area contributed by atoms with Crippen LogP contribution in [0.2, 0.25) is 0 Å². The van der Waals surface area contributed by atoms with Gasteiger partial charge in [-0.05, 0) is 44.6 Å². The van der Waals surface area contributed by atoms with Gasteiger partial charge in [0.15, 0.2) is 0 Å². The lowest BCUT2D eigenvalue weighted by Crippen LogP contribution is -2.54. The summed E-state index contributed by atoms with van der Waals surface area (Å²) in [6.07, 6.45) is 3.08. The Morgan fingerprint density at radius 3 is 2.55 bits per heavy atom. The molecule has 0 aromatic rings. The molecule has 2 rings (SSSR count). The molecular weight excluding hydrogens is 300 g/mol. The highest BCUT2D eigenvalue weighted by molar-refractivity contribution is 7.99. The fourth-order valence-electron chi connectivity index (χ4n) is 3.19.